The average molecular weight is 686 g/mol. The van der Waals surface area contributed by atoms with E-state index in [9.17, 15) is 0 Å². The molecule has 10 rings (SSSR count). The van der Waals surface area contributed by atoms with E-state index in [2.05, 4.69) is 194 Å². The molecule has 0 amide bonds. The van der Waals surface area contributed by atoms with Crippen LogP contribution in [0.25, 0.3) is 64.3 Å². The highest BCUT2D eigenvalue weighted by molar-refractivity contribution is 7.26. The van der Waals surface area contributed by atoms with E-state index in [0.717, 1.165) is 11.4 Å². The van der Waals surface area contributed by atoms with Crippen molar-refractivity contribution in [2.24, 2.45) is 0 Å². The van der Waals surface area contributed by atoms with E-state index < -0.39 is 8.07 Å². The molecule has 1 aromatic heterocycles. The average Bonchev–Trinajstić information content (AvgIpc) is 3.68. The van der Waals surface area contributed by atoms with Gasteiger partial charge in [-0.25, -0.2) is 0 Å². The van der Waals surface area contributed by atoms with Crippen molar-refractivity contribution in [3.8, 4) is 33.4 Å². The highest BCUT2D eigenvalue weighted by atomic mass is 32.1. The number of nitrogens with zero attached hydrogens (tertiary/aromatic N) is 1. The van der Waals surface area contributed by atoms with Gasteiger partial charge in [0, 0.05) is 37.2 Å². The predicted octanol–water partition coefficient (Wildman–Crippen LogP) is 12.8. The fourth-order valence-electron chi connectivity index (χ4n) is 8.38. The van der Waals surface area contributed by atoms with Crippen LogP contribution in [0.2, 0.25) is 13.1 Å². The largest absolute Gasteiger partial charge is 0.311 e. The molecule has 0 saturated heterocycles. The number of hydrogen-bond donors (Lipinski definition) is 0. The molecule has 1 aliphatic heterocycles. The van der Waals surface area contributed by atoms with Crippen LogP contribution in [-0.4, -0.2) is 8.07 Å². The summed E-state index contributed by atoms with van der Waals surface area (Å²) in [5.41, 5.74) is 11.3. The Morgan fingerprint density at radius 2 is 1.10 bits per heavy atom. The van der Waals surface area contributed by atoms with Crippen LogP contribution in [0.1, 0.15) is 0 Å². The van der Waals surface area contributed by atoms with Crippen molar-refractivity contribution >= 4 is 77.8 Å². The third-order valence-corrected chi connectivity index (χ3v) is 15.5. The zero-order valence-electron chi connectivity index (χ0n) is 28.6. The molecule has 0 N–H and O–H groups in total. The topological polar surface area (TPSA) is 3.24 Å². The lowest BCUT2D eigenvalue weighted by Gasteiger charge is -2.31. The van der Waals surface area contributed by atoms with Gasteiger partial charge >= 0.3 is 0 Å². The Labute approximate surface area is 303 Å². The normalized spacial score (nSPS) is 13.1. The quantitative estimate of drug-likeness (QED) is 0.163. The first-order chi connectivity index (χ1) is 25.0. The number of thiophene rings is 1. The number of anilines is 3. The fourth-order valence-corrected chi connectivity index (χ4v) is 12.9. The summed E-state index contributed by atoms with van der Waals surface area (Å²) in [6, 6.07) is 65.1. The van der Waals surface area contributed by atoms with Gasteiger partial charge in [-0.15, -0.1) is 11.3 Å². The van der Waals surface area contributed by atoms with Crippen molar-refractivity contribution in [3.63, 3.8) is 0 Å². The van der Waals surface area contributed by atoms with Gasteiger partial charge in [0.25, 0.3) is 0 Å². The summed E-state index contributed by atoms with van der Waals surface area (Å²) in [4.78, 5) is 2.50. The van der Waals surface area contributed by atoms with Crippen molar-refractivity contribution in [3.05, 3.63) is 176 Å². The van der Waals surface area contributed by atoms with E-state index in [1.165, 1.54) is 80.4 Å². The third kappa shape index (κ3) is 4.80. The molecule has 0 radical (unpaired) electrons. The Morgan fingerprint density at radius 1 is 0.471 bits per heavy atom. The number of benzene rings is 8. The minimum atomic E-state index is -2.12. The second kappa shape index (κ2) is 11.7. The molecule has 0 saturated carbocycles. The Hall–Kier alpha value is -5.74. The number of hydrogen-bond acceptors (Lipinski definition) is 2. The van der Waals surface area contributed by atoms with E-state index in [1.54, 1.807) is 0 Å². The summed E-state index contributed by atoms with van der Waals surface area (Å²) < 4.78 is 2.73. The van der Waals surface area contributed by atoms with E-state index in [4.69, 9.17) is 0 Å². The molecule has 1 nitrogen and oxygen atoms in total. The first kappa shape index (κ1) is 30.1. The van der Waals surface area contributed by atoms with Crippen LogP contribution in [0.15, 0.2) is 176 Å². The maximum atomic E-state index is 2.54. The van der Waals surface area contributed by atoms with Gasteiger partial charge in [-0.1, -0.05) is 140 Å². The van der Waals surface area contributed by atoms with Gasteiger partial charge < -0.3 is 4.90 Å². The number of fused-ring (bicyclic) bond motifs is 8. The van der Waals surface area contributed by atoms with Gasteiger partial charge in [-0.3, -0.25) is 0 Å². The van der Waals surface area contributed by atoms with Crippen molar-refractivity contribution in [2.75, 3.05) is 4.90 Å². The zero-order valence-corrected chi connectivity index (χ0v) is 30.4. The summed E-state index contributed by atoms with van der Waals surface area (Å²) in [6.45, 7) is 5.09. The van der Waals surface area contributed by atoms with Crippen LogP contribution in [0.5, 0.6) is 0 Å². The summed E-state index contributed by atoms with van der Waals surface area (Å²) in [7, 11) is -2.12. The summed E-state index contributed by atoms with van der Waals surface area (Å²) >= 11 is 1.91. The van der Waals surface area contributed by atoms with E-state index in [-0.39, 0.29) is 0 Å². The summed E-state index contributed by atoms with van der Waals surface area (Å²) in [6.07, 6.45) is 0. The molecular formula is C48H35NSSi. The second-order valence-corrected chi connectivity index (χ2v) is 19.5. The molecule has 0 unspecified atom stereocenters. The van der Waals surface area contributed by atoms with Gasteiger partial charge in [0.05, 0.1) is 0 Å². The Morgan fingerprint density at radius 3 is 1.86 bits per heavy atom. The summed E-state index contributed by atoms with van der Waals surface area (Å²) in [5, 5.41) is 8.36. The zero-order chi connectivity index (χ0) is 34.1. The minimum Gasteiger partial charge on any atom is -0.311 e. The molecule has 0 bridgehead atoms. The van der Waals surface area contributed by atoms with Crippen molar-refractivity contribution < 1.29 is 0 Å². The lowest BCUT2D eigenvalue weighted by Crippen LogP contribution is -2.50. The Bertz CT molecular complexity index is 2760. The standard InChI is InChI=1S/C48H35NSSi/c1-51(2)45-30-29-44-46(40-15-8-9-18-43(40)50-44)47(45)41-16-10-17-42(48(41)51)49(38-25-21-34(22-26-38)32-11-4-3-5-12-32)39-27-23-35(24-28-39)37-20-19-33-13-6-7-14-36(33)31-37/h3-31H,1-2H3. The predicted molar refractivity (Wildman–Crippen MR) is 225 cm³/mol. The molecule has 1 aliphatic rings. The highest BCUT2D eigenvalue weighted by Gasteiger charge is 2.42. The monoisotopic (exact) mass is 685 g/mol. The first-order valence-electron chi connectivity index (χ1n) is 17.7. The molecule has 0 fully saturated rings. The molecule has 3 heteroatoms. The molecule has 8 aromatic carbocycles. The number of rotatable bonds is 5. The van der Waals surface area contributed by atoms with Crippen molar-refractivity contribution in [1.29, 1.82) is 0 Å². The van der Waals surface area contributed by atoms with Gasteiger partial charge in [-0.05, 0) is 103 Å². The smallest absolute Gasteiger partial charge is 0.116 e. The van der Waals surface area contributed by atoms with Crippen LogP contribution in [0.4, 0.5) is 17.1 Å². The van der Waals surface area contributed by atoms with Gasteiger partial charge in [0.2, 0.25) is 0 Å². The summed E-state index contributed by atoms with van der Waals surface area (Å²) in [5.74, 6) is 0. The van der Waals surface area contributed by atoms with Crippen molar-refractivity contribution in [1.82, 2.24) is 0 Å². The highest BCUT2D eigenvalue weighted by Crippen LogP contribution is 2.45. The molecule has 242 valence electrons. The Balaban J connectivity index is 1.16. The third-order valence-electron chi connectivity index (χ3n) is 10.8. The van der Waals surface area contributed by atoms with Crippen LogP contribution < -0.4 is 15.3 Å². The maximum absolute atomic E-state index is 2.54. The van der Waals surface area contributed by atoms with E-state index >= 15 is 0 Å². The second-order valence-electron chi connectivity index (χ2n) is 14.1. The SMILES string of the molecule is C[Si]1(C)c2ccc3sc4ccccc4c3c2-c2cccc(N(c3ccc(-c4ccccc4)cc3)c3ccc(-c4ccc5ccccc5c4)cc3)c21. The maximum Gasteiger partial charge on any atom is 0.116 e. The van der Waals surface area contributed by atoms with E-state index in [1.807, 2.05) is 11.3 Å². The van der Waals surface area contributed by atoms with Crippen LogP contribution in [0, 0.1) is 0 Å². The minimum absolute atomic E-state index is 1.16. The first-order valence-corrected chi connectivity index (χ1v) is 21.5. The van der Waals surface area contributed by atoms with Gasteiger partial charge in [-0.2, -0.15) is 0 Å². The van der Waals surface area contributed by atoms with Crippen LogP contribution in [0.3, 0.4) is 0 Å². The lowest BCUT2D eigenvalue weighted by atomic mass is 9.98. The molecule has 0 atom stereocenters. The molecule has 51 heavy (non-hydrogen) atoms. The van der Waals surface area contributed by atoms with Crippen LogP contribution >= 0.6 is 11.3 Å². The molecule has 2 heterocycles. The van der Waals surface area contributed by atoms with Crippen molar-refractivity contribution in [2.45, 2.75) is 13.1 Å². The van der Waals surface area contributed by atoms with Crippen LogP contribution in [-0.2, 0) is 0 Å². The van der Waals surface area contributed by atoms with E-state index in [0.29, 0.717) is 0 Å². The molecule has 9 aromatic rings. The van der Waals surface area contributed by atoms with Gasteiger partial charge in [0.1, 0.15) is 8.07 Å². The molecule has 0 aliphatic carbocycles. The molecule has 0 spiro atoms. The fraction of sp³-hybridized carbons (Fsp3) is 0.0417. The molecular weight excluding hydrogens is 651 g/mol. The lowest BCUT2D eigenvalue weighted by molar-refractivity contribution is 1.29. The Kier molecular flexibility index (Phi) is 6.89. The van der Waals surface area contributed by atoms with Gasteiger partial charge in [0.15, 0.2) is 0 Å².